The molecule has 1 aliphatic heterocycles. The first-order valence-corrected chi connectivity index (χ1v) is 7.34. The van der Waals surface area contributed by atoms with E-state index in [0.29, 0.717) is 19.6 Å². The second kappa shape index (κ2) is 7.38. The molecule has 22 heavy (non-hydrogen) atoms. The van der Waals surface area contributed by atoms with Crippen LogP contribution in [0.4, 0.5) is 0 Å². The molecule has 1 heterocycles. The summed E-state index contributed by atoms with van der Waals surface area (Å²) >= 11 is 5.97. The second-order valence-corrected chi connectivity index (χ2v) is 5.28. The predicted molar refractivity (Wildman–Crippen MR) is 80.9 cm³/mol. The molecule has 0 bridgehead atoms. The third-order valence-electron chi connectivity index (χ3n) is 3.36. The first-order chi connectivity index (χ1) is 10.6. The van der Waals surface area contributed by atoms with Crippen molar-refractivity contribution in [2.75, 3.05) is 26.8 Å². The van der Waals surface area contributed by atoms with Gasteiger partial charge in [-0.2, -0.15) is 0 Å². The number of carbonyl (C=O) groups is 3. The maximum atomic E-state index is 12.2. The molecular formula is C15H17ClN2O4. The molecule has 0 fully saturated rings. The number of benzene rings is 1. The van der Waals surface area contributed by atoms with Gasteiger partial charge >= 0.3 is 0 Å². The summed E-state index contributed by atoms with van der Waals surface area (Å²) in [5.41, 5.74) is 0.507. The number of imide groups is 1. The third-order valence-corrected chi connectivity index (χ3v) is 3.67. The lowest BCUT2D eigenvalue weighted by molar-refractivity contribution is -0.121. The fraction of sp³-hybridized carbons (Fsp3) is 0.400. The lowest BCUT2D eigenvalue weighted by Crippen LogP contribution is -2.35. The van der Waals surface area contributed by atoms with Crippen LogP contribution in [0.25, 0.3) is 0 Å². The topological polar surface area (TPSA) is 75.7 Å². The summed E-state index contributed by atoms with van der Waals surface area (Å²) in [6.07, 6.45) is 0.779. The molecule has 1 aromatic rings. The van der Waals surface area contributed by atoms with Gasteiger partial charge in [0, 0.05) is 33.2 Å². The average molecular weight is 325 g/mol. The summed E-state index contributed by atoms with van der Waals surface area (Å²) in [5.74, 6) is -1.06. The number of carbonyl (C=O) groups excluding carboxylic acids is 3. The van der Waals surface area contributed by atoms with E-state index >= 15 is 0 Å². The summed E-state index contributed by atoms with van der Waals surface area (Å²) in [7, 11) is 1.59. The number of halogens is 1. The van der Waals surface area contributed by atoms with Crippen LogP contribution < -0.4 is 5.32 Å². The van der Waals surface area contributed by atoms with Crippen molar-refractivity contribution < 1.29 is 19.1 Å². The number of methoxy groups -OCH3 is 1. The Morgan fingerprint density at radius 1 is 1.32 bits per heavy atom. The zero-order chi connectivity index (χ0) is 16.1. The molecule has 1 N–H and O–H groups in total. The van der Waals surface area contributed by atoms with Gasteiger partial charge in [-0.15, -0.1) is 0 Å². The van der Waals surface area contributed by atoms with Crippen molar-refractivity contribution >= 4 is 29.3 Å². The number of ether oxygens (including phenoxy) is 1. The maximum absolute atomic E-state index is 12.2. The molecule has 7 heteroatoms. The lowest BCUT2D eigenvalue weighted by Gasteiger charge is -2.13. The van der Waals surface area contributed by atoms with Crippen LogP contribution in [-0.2, 0) is 9.53 Å². The summed E-state index contributed by atoms with van der Waals surface area (Å²) in [6, 6.07) is 4.75. The number of amides is 3. The van der Waals surface area contributed by atoms with Gasteiger partial charge in [-0.3, -0.25) is 19.3 Å². The molecule has 0 spiro atoms. The number of hydrogen-bond acceptors (Lipinski definition) is 4. The van der Waals surface area contributed by atoms with Gasteiger partial charge in [-0.1, -0.05) is 17.7 Å². The van der Waals surface area contributed by atoms with Gasteiger partial charge in [-0.25, -0.2) is 0 Å². The molecule has 0 aliphatic carbocycles. The highest BCUT2D eigenvalue weighted by molar-refractivity contribution is 6.37. The number of rotatable bonds is 7. The van der Waals surface area contributed by atoms with Gasteiger partial charge in [0.05, 0.1) is 16.1 Å². The molecular weight excluding hydrogens is 308 g/mol. The molecule has 2 rings (SSSR count). The van der Waals surface area contributed by atoms with Gasteiger partial charge in [0.25, 0.3) is 11.8 Å². The minimum Gasteiger partial charge on any atom is -0.385 e. The van der Waals surface area contributed by atoms with E-state index in [1.54, 1.807) is 25.3 Å². The molecule has 1 aromatic carbocycles. The van der Waals surface area contributed by atoms with Gasteiger partial charge < -0.3 is 10.1 Å². The van der Waals surface area contributed by atoms with E-state index < -0.39 is 11.8 Å². The highest BCUT2D eigenvalue weighted by Crippen LogP contribution is 2.28. The first kappa shape index (κ1) is 16.5. The van der Waals surface area contributed by atoms with Crippen molar-refractivity contribution in [1.82, 2.24) is 10.2 Å². The Hall–Kier alpha value is -1.92. The smallest absolute Gasteiger partial charge is 0.263 e. The molecule has 1 aliphatic rings. The van der Waals surface area contributed by atoms with Gasteiger partial charge in [0.1, 0.15) is 0 Å². The summed E-state index contributed by atoms with van der Waals surface area (Å²) in [5, 5.41) is 2.96. The molecule has 0 saturated heterocycles. The molecule has 3 amide bonds. The number of nitrogens with zero attached hydrogens (tertiary/aromatic N) is 1. The zero-order valence-corrected chi connectivity index (χ0v) is 13.0. The number of fused-ring (bicyclic) bond motifs is 1. The van der Waals surface area contributed by atoms with E-state index in [-0.39, 0.29) is 35.0 Å². The molecule has 0 radical (unpaired) electrons. The Morgan fingerprint density at radius 3 is 2.77 bits per heavy atom. The van der Waals surface area contributed by atoms with Crippen molar-refractivity contribution in [3.63, 3.8) is 0 Å². The van der Waals surface area contributed by atoms with Crippen LogP contribution in [0, 0.1) is 0 Å². The van der Waals surface area contributed by atoms with Crippen molar-refractivity contribution in [3.8, 4) is 0 Å². The Bertz CT molecular complexity index is 603. The molecule has 0 unspecified atom stereocenters. The molecule has 0 aromatic heterocycles. The number of nitrogens with one attached hydrogen (secondary N) is 1. The summed E-state index contributed by atoms with van der Waals surface area (Å²) in [4.78, 5) is 37.1. The minimum atomic E-state index is -0.446. The standard InChI is InChI=1S/C15H17ClN2O4/c1-22-9-3-7-17-12(19)6-8-18-14(20)10-4-2-5-11(16)13(10)15(18)21/h2,4-5H,3,6-9H2,1H3,(H,17,19). The van der Waals surface area contributed by atoms with E-state index in [9.17, 15) is 14.4 Å². The molecule has 6 nitrogen and oxygen atoms in total. The fourth-order valence-electron chi connectivity index (χ4n) is 2.24. The third kappa shape index (κ3) is 3.45. The van der Waals surface area contributed by atoms with Crippen LogP contribution in [0.5, 0.6) is 0 Å². The normalized spacial score (nSPS) is 13.5. The van der Waals surface area contributed by atoms with E-state index in [1.165, 1.54) is 0 Å². The van der Waals surface area contributed by atoms with E-state index in [1.807, 2.05) is 0 Å². The lowest BCUT2D eigenvalue weighted by atomic mass is 10.1. The fourth-order valence-corrected chi connectivity index (χ4v) is 2.50. The van der Waals surface area contributed by atoms with Crippen LogP contribution in [0.15, 0.2) is 18.2 Å². The van der Waals surface area contributed by atoms with E-state index in [2.05, 4.69) is 5.32 Å². The summed E-state index contributed by atoms with van der Waals surface area (Å²) in [6.45, 7) is 1.11. The first-order valence-electron chi connectivity index (χ1n) is 6.96. The van der Waals surface area contributed by atoms with Gasteiger partial charge in [-0.05, 0) is 18.6 Å². The van der Waals surface area contributed by atoms with Crippen LogP contribution in [0.1, 0.15) is 33.6 Å². The van der Waals surface area contributed by atoms with E-state index in [4.69, 9.17) is 16.3 Å². The van der Waals surface area contributed by atoms with Gasteiger partial charge in [0.15, 0.2) is 0 Å². The highest BCUT2D eigenvalue weighted by atomic mass is 35.5. The molecule has 118 valence electrons. The van der Waals surface area contributed by atoms with Crippen molar-refractivity contribution in [2.24, 2.45) is 0 Å². The highest BCUT2D eigenvalue weighted by Gasteiger charge is 2.36. The SMILES string of the molecule is COCCCNC(=O)CCN1C(=O)c2cccc(Cl)c2C1=O. The van der Waals surface area contributed by atoms with Crippen LogP contribution >= 0.6 is 11.6 Å². The van der Waals surface area contributed by atoms with Crippen molar-refractivity contribution in [1.29, 1.82) is 0 Å². The second-order valence-electron chi connectivity index (χ2n) is 4.87. The zero-order valence-electron chi connectivity index (χ0n) is 12.2. The van der Waals surface area contributed by atoms with E-state index in [0.717, 1.165) is 4.90 Å². The molecule has 0 saturated carbocycles. The van der Waals surface area contributed by atoms with Crippen molar-refractivity contribution in [2.45, 2.75) is 12.8 Å². The predicted octanol–water partition coefficient (Wildman–Crippen LogP) is 1.48. The molecule has 0 atom stereocenters. The van der Waals surface area contributed by atoms with Crippen molar-refractivity contribution in [3.05, 3.63) is 34.3 Å². The summed E-state index contributed by atoms with van der Waals surface area (Å²) < 4.78 is 4.88. The van der Waals surface area contributed by atoms with Gasteiger partial charge in [0.2, 0.25) is 5.91 Å². The Balaban J connectivity index is 1.90. The Morgan fingerprint density at radius 2 is 2.09 bits per heavy atom. The van der Waals surface area contributed by atoms with Crippen LogP contribution in [-0.4, -0.2) is 49.4 Å². The van der Waals surface area contributed by atoms with Crippen LogP contribution in [0.2, 0.25) is 5.02 Å². The maximum Gasteiger partial charge on any atom is 0.263 e. The quantitative estimate of drug-likeness (QED) is 0.609. The Labute approximate surface area is 133 Å². The monoisotopic (exact) mass is 324 g/mol. The van der Waals surface area contributed by atoms with Crippen LogP contribution in [0.3, 0.4) is 0 Å². The largest absolute Gasteiger partial charge is 0.385 e. The number of hydrogen-bond donors (Lipinski definition) is 1. The Kier molecular flexibility index (Phi) is 5.51. The average Bonchev–Trinajstić information content (AvgIpc) is 2.74. The minimum absolute atomic E-state index is 0.0405.